The molecule has 0 aliphatic rings. The summed E-state index contributed by atoms with van der Waals surface area (Å²) in [6.07, 6.45) is 1.37. The Hall–Kier alpha value is -3.99. The quantitative estimate of drug-likeness (QED) is 0.401. The van der Waals surface area contributed by atoms with Gasteiger partial charge in [-0.25, -0.2) is 4.68 Å². The number of nitrogens with zero attached hydrogens (tertiary/aromatic N) is 4. The number of aromatic nitrogens is 1. The van der Waals surface area contributed by atoms with Crippen LogP contribution in [0.25, 0.3) is 11.3 Å². The third-order valence-corrected chi connectivity index (χ3v) is 3.96. The average molecular weight is 362 g/mol. The number of aryl methyl sites for hydroxylation is 2. The van der Waals surface area contributed by atoms with Gasteiger partial charge in [0.2, 0.25) is 0 Å². The van der Waals surface area contributed by atoms with E-state index in [4.69, 9.17) is 9.68 Å². The summed E-state index contributed by atoms with van der Waals surface area (Å²) in [4.78, 5) is 22.6. The Morgan fingerprint density at radius 3 is 2.56 bits per heavy atom. The fraction of sp³-hybridized carbons (Fsp3) is 0.105. The molecule has 3 rings (SSSR count). The van der Waals surface area contributed by atoms with E-state index in [1.807, 2.05) is 6.07 Å². The topological polar surface area (TPSA) is 114 Å². The zero-order valence-corrected chi connectivity index (χ0v) is 14.5. The molecular weight excluding hydrogens is 348 g/mol. The van der Waals surface area contributed by atoms with Gasteiger partial charge in [0.15, 0.2) is 0 Å². The highest BCUT2D eigenvalue weighted by Gasteiger charge is 2.10. The molecule has 0 N–H and O–H groups in total. The second-order valence-electron chi connectivity index (χ2n) is 5.82. The highest BCUT2D eigenvalue weighted by molar-refractivity contribution is 5.77. The average Bonchev–Trinajstić information content (AvgIpc) is 3.10. The number of nitro benzene ring substituents is 1. The van der Waals surface area contributed by atoms with Gasteiger partial charge in [-0.2, -0.15) is 10.4 Å². The Balaban J connectivity index is 1.90. The van der Waals surface area contributed by atoms with Crippen LogP contribution in [0.4, 0.5) is 5.69 Å². The van der Waals surface area contributed by atoms with Crippen molar-refractivity contribution in [3.05, 3.63) is 85.5 Å². The summed E-state index contributed by atoms with van der Waals surface area (Å²) in [5.74, 6) is 0.908. The number of nitriles is 1. The van der Waals surface area contributed by atoms with Crippen molar-refractivity contribution in [3.63, 3.8) is 0 Å². The zero-order chi connectivity index (χ0) is 19.6. The SMILES string of the molecule is Cc1cc(C)n(/N=C/c2ccc(-c3ccc([N+](=O)[O-])cc3)o2)c(=O)c1C#N. The minimum absolute atomic E-state index is 0.00499. The molecule has 2 aromatic heterocycles. The zero-order valence-electron chi connectivity index (χ0n) is 14.5. The first-order valence-electron chi connectivity index (χ1n) is 7.93. The Morgan fingerprint density at radius 2 is 1.93 bits per heavy atom. The Bertz CT molecular complexity index is 1150. The second kappa shape index (κ2) is 7.09. The number of nitro groups is 1. The molecule has 0 fully saturated rings. The number of hydrogen-bond acceptors (Lipinski definition) is 6. The van der Waals surface area contributed by atoms with Crippen molar-refractivity contribution in [1.82, 2.24) is 4.68 Å². The van der Waals surface area contributed by atoms with E-state index in [1.54, 1.807) is 44.2 Å². The van der Waals surface area contributed by atoms with Crippen LogP contribution in [0.3, 0.4) is 0 Å². The lowest BCUT2D eigenvalue weighted by atomic mass is 10.1. The van der Waals surface area contributed by atoms with Crippen LogP contribution in [0, 0.1) is 35.3 Å². The van der Waals surface area contributed by atoms with E-state index in [2.05, 4.69) is 5.10 Å². The third kappa shape index (κ3) is 3.52. The molecule has 134 valence electrons. The number of pyridine rings is 1. The van der Waals surface area contributed by atoms with E-state index in [0.717, 1.165) is 4.68 Å². The fourth-order valence-corrected chi connectivity index (χ4v) is 2.60. The van der Waals surface area contributed by atoms with Crippen molar-refractivity contribution < 1.29 is 9.34 Å². The first-order chi connectivity index (χ1) is 12.9. The molecule has 0 radical (unpaired) electrons. The molecule has 0 unspecified atom stereocenters. The summed E-state index contributed by atoms with van der Waals surface area (Å²) in [7, 11) is 0. The maximum absolute atomic E-state index is 12.3. The predicted octanol–water partition coefficient (Wildman–Crippen LogP) is 3.39. The van der Waals surface area contributed by atoms with Crippen molar-refractivity contribution in [1.29, 1.82) is 5.26 Å². The van der Waals surface area contributed by atoms with Gasteiger partial charge in [-0.1, -0.05) is 0 Å². The van der Waals surface area contributed by atoms with Gasteiger partial charge in [0.25, 0.3) is 11.2 Å². The smallest absolute Gasteiger partial charge is 0.289 e. The van der Waals surface area contributed by atoms with E-state index in [9.17, 15) is 14.9 Å². The minimum atomic E-state index is -0.492. The molecule has 3 aromatic rings. The molecule has 0 saturated carbocycles. The van der Waals surface area contributed by atoms with Gasteiger partial charge >= 0.3 is 0 Å². The van der Waals surface area contributed by atoms with Gasteiger partial charge in [0.1, 0.15) is 23.2 Å². The Kier molecular flexibility index (Phi) is 4.68. The highest BCUT2D eigenvalue weighted by Crippen LogP contribution is 2.24. The molecule has 0 atom stereocenters. The van der Waals surface area contributed by atoms with Crippen LogP contribution < -0.4 is 5.56 Å². The molecule has 0 amide bonds. The van der Waals surface area contributed by atoms with E-state index >= 15 is 0 Å². The van der Waals surface area contributed by atoms with Gasteiger partial charge in [-0.05, 0) is 49.7 Å². The Labute approximate surface area is 153 Å². The van der Waals surface area contributed by atoms with Crippen molar-refractivity contribution >= 4 is 11.9 Å². The maximum Gasteiger partial charge on any atom is 0.289 e. The van der Waals surface area contributed by atoms with Gasteiger partial charge in [-0.15, -0.1) is 0 Å². The molecule has 8 nitrogen and oxygen atoms in total. The number of non-ortho nitro benzene ring substituents is 1. The standard InChI is InChI=1S/C19H14N4O4/c1-12-9-13(2)22(19(24)17(12)10-20)21-11-16-7-8-18(27-16)14-3-5-15(6-4-14)23(25)26/h3-9,11H,1-2H3/b21-11+. The van der Waals surface area contributed by atoms with Crippen LogP contribution in [0.15, 0.2) is 56.8 Å². The molecule has 0 aliphatic carbocycles. The van der Waals surface area contributed by atoms with Crippen LogP contribution in [0.2, 0.25) is 0 Å². The summed E-state index contributed by atoms with van der Waals surface area (Å²) in [6, 6.07) is 12.9. The number of furan rings is 1. The lowest BCUT2D eigenvalue weighted by molar-refractivity contribution is -0.384. The lowest BCUT2D eigenvalue weighted by Gasteiger charge is -2.05. The van der Waals surface area contributed by atoms with E-state index in [1.165, 1.54) is 18.3 Å². The van der Waals surface area contributed by atoms with Crippen LogP contribution in [-0.2, 0) is 0 Å². The first-order valence-corrected chi connectivity index (χ1v) is 7.93. The lowest BCUT2D eigenvalue weighted by Crippen LogP contribution is -2.22. The number of hydrogen-bond donors (Lipinski definition) is 0. The van der Waals surface area contributed by atoms with E-state index < -0.39 is 10.5 Å². The summed E-state index contributed by atoms with van der Waals surface area (Å²) >= 11 is 0. The molecule has 27 heavy (non-hydrogen) atoms. The summed E-state index contributed by atoms with van der Waals surface area (Å²) < 4.78 is 6.79. The van der Waals surface area contributed by atoms with Crippen molar-refractivity contribution in [3.8, 4) is 17.4 Å². The largest absolute Gasteiger partial charge is 0.455 e. The summed E-state index contributed by atoms with van der Waals surface area (Å²) in [6.45, 7) is 3.42. The van der Waals surface area contributed by atoms with Crippen molar-refractivity contribution in [2.24, 2.45) is 5.10 Å². The van der Waals surface area contributed by atoms with Crippen molar-refractivity contribution in [2.75, 3.05) is 0 Å². The first kappa shape index (κ1) is 17.8. The van der Waals surface area contributed by atoms with Gasteiger partial charge in [0.05, 0.1) is 11.1 Å². The molecule has 2 heterocycles. The molecule has 8 heteroatoms. The minimum Gasteiger partial charge on any atom is -0.455 e. The predicted molar refractivity (Wildman–Crippen MR) is 98.7 cm³/mol. The molecule has 0 spiro atoms. The summed E-state index contributed by atoms with van der Waals surface area (Å²) in [5, 5.41) is 23.9. The van der Waals surface area contributed by atoms with Crippen LogP contribution in [0.5, 0.6) is 0 Å². The van der Waals surface area contributed by atoms with Crippen LogP contribution in [-0.4, -0.2) is 15.8 Å². The van der Waals surface area contributed by atoms with Gasteiger partial charge in [-0.3, -0.25) is 14.9 Å². The third-order valence-electron chi connectivity index (χ3n) is 3.96. The highest BCUT2D eigenvalue weighted by atomic mass is 16.6. The number of benzene rings is 1. The maximum atomic E-state index is 12.3. The molecular formula is C19H14N4O4. The Morgan fingerprint density at radius 1 is 1.22 bits per heavy atom. The number of rotatable bonds is 4. The second-order valence-corrected chi connectivity index (χ2v) is 5.82. The molecule has 0 aliphatic heterocycles. The molecule has 0 saturated heterocycles. The van der Waals surface area contributed by atoms with Crippen LogP contribution >= 0.6 is 0 Å². The van der Waals surface area contributed by atoms with Gasteiger partial charge in [0, 0.05) is 23.4 Å². The summed E-state index contributed by atoms with van der Waals surface area (Å²) in [5.41, 5.74) is 1.42. The van der Waals surface area contributed by atoms with Gasteiger partial charge < -0.3 is 4.42 Å². The molecule has 1 aromatic carbocycles. The van der Waals surface area contributed by atoms with E-state index in [0.29, 0.717) is 28.3 Å². The monoisotopic (exact) mass is 362 g/mol. The van der Waals surface area contributed by atoms with Crippen molar-refractivity contribution in [2.45, 2.75) is 13.8 Å². The van der Waals surface area contributed by atoms with E-state index in [-0.39, 0.29) is 11.3 Å². The molecule has 0 bridgehead atoms. The van der Waals surface area contributed by atoms with Crippen LogP contribution in [0.1, 0.15) is 22.6 Å². The normalized spacial score (nSPS) is 10.9. The fourth-order valence-electron chi connectivity index (χ4n) is 2.60.